The van der Waals surface area contributed by atoms with E-state index in [2.05, 4.69) is 48.7 Å². The van der Waals surface area contributed by atoms with Gasteiger partial charge >= 0.3 is 0 Å². The van der Waals surface area contributed by atoms with Crippen LogP contribution in [0.5, 0.6) is 0 Å². The molecule has 0 radical (unpaired) electrons. The topological polar surface area (TPSA) is 58.2 Å². The van der Waals surface area contributed by atoms with Crippen LogP contribution >= 0.6 is 0 Å². The van der Waals surface area contributed by atoms with Gasteiger partial charge in [0.1, 0.15) is 11.7 Å². The van der Waals surface area contributed by atoms with Crippen molar-refractivity contribution in [1.82, 2.24) is 10.6 Å². The van der Waals surface area contributed by atoms with E-state index in [-0.39, 0.29) is 35.1 Å². The van der Waals surface area contributed by atoms with Crippen LogP contribution in [0.2, 0.25) is 0 Å². The molecule has 2 aromatic rings. The van der Waals surface area contributed by atoms with Gasteiger partial charge in [0.2, 0.25) is 5.91 Å². The number of hydrogen-bond donors (Lipinski definition) is 2. The second-order valence-electron chi connectivity index (χ2n) is 8.88. The Kier molecular flexibility index (Phi) is 6.53. The first kappa shape index (κ1) is 21.3. The lowest BCUT2D eigenvalue weighted by Crippen LogP contribution is -2.42. The van der Waals surface area contributed by atoms with Gasteiger partial charge in [-0.3, -0.25) is 9.59 Å². The van der Waals surface area contributed by atoms with Gasteiger partial charge in [-0.15, -0.1) is 0 Å². The summed E-state index contributed by atoms with van der Waals surface area (Å²) in [6.45, 7) is 8.74. The summed E-state index contributed by atoms with van der Waals surface area (Å²) < 4.78 is 0. The molecule has 0 spiro atoms. The highest BCUT2D eigenvalue weighted by molar-refractivity contribution is 6.03. The number of ketones is 1. The summed E-state index contributed by atoms with van der Waals surface area (Å²) in [6, 6.07) is 20.5. The van der Waals surface area contributed by atoms with Gasteiger partial charge in [-0.25, -0.2) is 0 Å². The molecule has 0 aliphatic carbocycles. The molecule has 29 heavy (non-hydrogen) atoms. The third kappa shape index (κ3) is 4.76. The van der Waals surface area contributed by atoms with Crippen LogP contribution in [-0.4, -0.2) is 23.8 Å². The first-order valence-corrected chi connectivity index (χ1v) is 10.5. The van der Waals surface area contributed by atoms with E-state index in [1.54, 1.807) is 0 Å². The van der Waals surface area contributed by atoms with Gasteiger partial charge in [-0.1, -0.05) is 74.5 Å². The fraction of sp³-hybridized carbons (Fsp3) is 0.440. The number of Topliss-reactive ketones (excluding diaryl/α,β-unsaturated/α-hetero) is 1. The molecule has 1 aliphatic heterocycles. The number of rotatable bonds is 8. The van der Waals surface area contributed by atoms with Gasteiger partial charge in [0.05, 0.1) is 6.04 Å². The van der Waals surface area contributed by atoms with E-state index in [9.17, 15) is 9.59 Å². The molecule has 0 saturated carbocycles. The minimum atomic E-state index is -0.557. The third-order valence-electron chi connectivity index (χ3n) is 5.97. The number of nitrogens with one attached hydrogen (secondary N) is 2. The van der Waals surface area contributed by atoms with Crippen molar-refractivity contribution in [3.8, 4) is 0 Å². The summed E-state index contributed by atoms with van der Waals surface area (Å²) in [5.74, 6) is -0.381. The molecule has 0 aromatic heterocycles. The smallest absolute Gasteiger partial charge is 0.231 e. The van der Waals surface area contributed by atoms with E-state index in [4.69, 9.17) is 0 Å². The normalized spacial score (nSPS) is 20.8. The summed E-state index contributed by atoms with van der Waals surface area (Å²) in [6.07, 6.45) is 0.341. The lowest BCUT2D eigenvalue weighted by Gasteiger charge is -2.31. The highest BCUT2D eigenvalue weighted by atomic mass is 16.2. The Balaban J connectivity index is 1.70. The van der Waals surface area contributed by atoms with Gasteiger partial charge in [0.25, 0.3) is 0 Å². The van der Waals surface area contributed by atoms with Crippen molar-refractivity contribution in [3.63, 3.8) is 0 Å². The van der Waals surface area contributed by atoms with E-state index in [1.807, 2.05) is 50.2 Å². The zero-order valence-corrected chi connectivity index (χ0v) is 17.8. The summed E-state index contributed by atoms with van der Waals surface area (Å²) in [5, 5.41) is 6.56. The van der Waals surface area contributed by atoms with Crippen LogP contribution in [0.3, 0.4) is 0 Å². The largest absolute Gasteiger partial charge is 0.350 e. The van der Waals surface area contributed by atoms with E-state index in [0.717, 1.165) is 11.1 Å². The van der Waals surface area contributed by atoms with Crippen LogP contribution in [0.4, 0.5) is 0 Å². The molecule has 3 rings (SSSR count). The van der Waals surface area contributed by atoms with Crippen molar-refractivity contribution in [1.29, 1.82) is 0 Å². The maximum atomic E-state index is 13.0. The van der Waals surface area contributed by atoms with E-state index in [1.165, 1.54) is 0 Å². The SMILES string of the molecule is CC(C)C1C(C(=O)CCNC(c2ccccc2)c2ccccc2)C(=O)NC1(C)C. The van der Waals surface area contributed by atoms with Gasteiger partial charge in [-0.05, 0) is 30.9 Å². The molecule has 1 aliphatic rings. The molecule has 2 N–H and O–H groups in total. The summed E-state index contributed by atoms with van der Waals surface area (Å²) in [5.41, 5.74) is 1.97. The summed E-state index contributed by atoms with van der Waals surface area (Å²) in [7, 11) is 0. The first-order valence-electron chi connectivity index (χ1n) is 10.5. The average Bonchev–Trinajstić information content (AvgIpc) is 2.95. The van der Waals surface area contributed by atoms with Gasteiger partial charge in [0.15, 0.2) is 0 Å². The Labute approximate surface area is 174 Å². The zero-order chi connectivity index (χ0) is 21.0. The lowest BCUT2D eigenvalue weighted by atomic mass is 9.73. The number of amides is 1. The molecule has 1 heterocycles. The maximum absolute atomic E-state index is 13.0. The van der Waals surface area contributed by atoms with E-state index < -0.39 is 5.92 Å². The van der Waals surface area contributed by atoms with Gasteiger partial charge < -0.3 is 10.6 Å². The minimum Gasteiger partial charge on any atom is -0.350 e. The van der Waals surface area contributed by atoms with Gasteiger partial charge in [-0.2, -0.15) is 0 Å². The molecule has 2 aromatic carbocycles. The molecule has 1 amide bonds. The monoisotopic (exact) mass is 392 g/mol. The fourth-order valence-electron chi connectivity index (χ4n) is 4.84. The minimum absolute atomic E-state index is 0.0138. The average molecular weight is 393 g/mol. The Morgan fingerprint density at radius 3 is 2.00 bits per heavy atom. The van der Waals surface area contributed by atoms with E-state index in [0.29, 0.717) is 13.0 Å². The molecule has 1 fully saturated rings. The van der Waals surface area contributed by atoms with Crippen LogP contribution in [0.1, 0.15) is 51.3 Å². The number of hydrogen-bond acceptors (Lipinski definition) is 3. The molecule has 2 unspecified atom stereocenters. The summed E-state index contributed by atoms with van der Waals surface area (Å²) in [4.78, 5) is 25.5. The molecule has 4 nitrogen and oxygen atoms in total. The zero-order valence-electron chi connectivity index (χ0n) is 17.8. The molecular formula is C25H32N2O2. The van der Waals surface area contributed by atoms with Crippen LogP contribution in [0.15, 0.2) is 60.7 Å². The highest BCUT2D eigenvalue weighted by Crippen LogP contribution is 2.38. The van der Waals surface area contributed by atoms with Crippen molar-refractivity contribution >= 4 is 11.7 Å². The van der Waals surface area contributed by atoms with Crippen molar-refractivity contribution in [2.45, 2.75) is 45.7 Å². The Bertz CT molecular complexity index is 791. The molecule has 154 valence electrons. The highest BCUT2D eigenvalue weighted by Gasteiger charge is 2.51. The van der Waals surface area contributed by atoms with Crippen molar-refractivity contribution in [2.75, 3.05) is 6.54 Å². The first-order chi connectivity index (χ1) is 13.8. The maximum Gasteiger partial charge on any atom is 0.231 e. The van der Waals surface area contributed by atoms with Crippen LogP contribution in [0, 0.1) is 17.8 Å². The predicted octanol–water partition coefficient (Wildman–Crippen LogP) is 4.12. The van der Waals surface area contributed by atoms with Crippen LogP contribution in [0.25, 0.3) is 0 Å². The van der Waals surface area contributed by atoms with Crippen molar-refractivity contribution < 1.29 is 9.59 Å². The lowest BCUT2D eigenvalue weighted by molar-refractivity contribution is -0.133. The third-order valence-corrected chi connectivity index (χ3v) is 5.97. The molecular weight excluding hydrogens is 360 g/mol. The van der Waals surface area contributed by atoms with Gasteiger partial charge in [0, 0.05) is 24.4 Å². The Morgan fingerprint density at radius 1 is 1.00 bits per heavy atom. The number of carbonyl (C=O) groups is 2. The van der Waals surface area contributed by atoms with Crippen molar-refractivity contribution in [2.24, 2.45) is 17.8 Å². The second kappa shape index (κ2) is 8.91. The summed E-state index contributed by atoms with van der Waals surface area (Å²) >= 11 is 0. The molecule has 1 saturated heterocycles. The Morgan fingerprint density at radius 2 is 1.52 bits per heavy atom. The van der Waals surface area contributed by atoms with Crippen LogP contribution < -0.4 is 10.6 Å². The second-order valence-corrected chi connectivity index (χ2v) is 8.88. The Hall–Kier alpha value is -2.46. The van der Waals surface area contributed by atoms with E-state index >= 15 is 0 Å². The molecule has 4 heteroatoms. The predicted molar refractivity (Wildman–Crippen MR) is 116 cm³/mol. The van der Waals surface area contributed by atoms with Crippen LogP contribution in [-0.2, 0) is 9.59 Å². The quantitative estimate of drug-likeness (QED) is 0.665. The number of benzene rings is 2. The standard InChI is InChI=1S/C25H32N2O2/c1-17(2)22-21(24(29)27-25(22,3)4)20(28)15-16-26-23(18-11-7-5-8-12-18)19-13-9-6-10-14-19/h5-14,17,21-23,26H,15-16H2,1-4H3,(H,27,29). The molecule has 2 atom stereocenters. The molecule has 0 bridgehead atoms. The fourth-order valence-corrected chi connectivity index (χ4v) is 4.84. The van der Waals surface area contributed by atoms with Crippen molar-refractivity contribution in [3.05, 3.63) is 71.8 Å². The number of carbonyl (C=O) groups excluding carboxylic acids is 2.